The Bertz CT molecular complexity index is 386. The van der Waals surface area contributed by atoms with Crippen LogP contribution >= 0.6 is 0 Å². The Morgan fingerprint density at radius 1 is 1.75 bits per heavy atom. The first-order valence-electron chi connectivity index (χ1n) is 4.88. The van der Waals surface area contributed by atoms with E-state index in [9.17, 15) is 14.9 Å². The summed E-state index contributed by atoms with van der Waals surface area (Å²) < 4.78 is 0. The topological polar surface area (TPSA) is 106 Å². The third-order valence-corrected chi connectivity index (χ3v) is 2.89. The fraction of sp³-hybridized carbons (Fsp3) is 0.500. The van der Waals surface area contributed by atoms with Crippen molar-refractivity contribution in [1.82, 2.24) is 0 Å². The molecule has 88 valence electrons. The predicted molar refractivity (Wildman–Crippen MR) is 56.8 cm³/mol. The number of nitrogens with zero attached hydrogens (tertiary/aromatic N) is 1. The molecule has 1 aliphatic carbocycles. The number of hydrogen-bond donors (Lipinski definition) is 2. The number of allylic oxidation sites excluding steroid dienone is 2. The van der Waals surface area contributed by atoms with E-state index in [0.717, 1.165) is 0 Å². The monoisotopic (exact) mass is 226 g/mol. The van der Waals surface area contributed by atoms with Crippen LogP contribution in [0.5, 0.6) is 0 Å². The summed E-state index contributed by atoms with van der Waals surface area (Å²) in [7, 11) is 0. The van der Waals surface area contributed by atoms with Gasteiger partial charge in [0.2, 0.25) is 5.91 Å². The Morgan fingerprint density at radius 3 is 2.81 bits per heavy atom. The third-order valence-electron chi connectivity index (χ3n) is 2.89. The summed E-state index contributed by atoms with van der Waals surface area (Å²) in [6, 6.07) is 0. The molecular weight excluding hydrogens is 212 g/mol. The van der Waals surface area contributed by atoms with Crippen LogP contribution in [0.4, 0.5) is 0 Å². The average molecular weight is 226 g/mol. The molecule has 6 nitrogen and oxygen atoms in total. The van der Waals surface area contributed by atoms with Gasteiger partial charge in [-0.3, -0.25) is 14.9 Å². The first kappa shape index (κ1) is 12.4. The lowest BCUT2D eigenvalue weighted by Gasteiger charge is -2.29. The van der Waals surface area contributed by atoms with Gasteiger partial charge in [0.1, 0.15) is 0 Å². The molecule has 0 aromatic heterocycles. The van der Waals surface area contributed by atoms with Gasteiger partial charge in [0.25, 0.3) is 5.70 Å². The number of nitro groups is 1. The molecule has 0 fully saturated rings. The predicted octanol–water partition coefficient (Wildman–Crippen LogP) is 0.351. The van der Waals surface area contributed by atoms with Crippen LogP contribution in [0.3, 0.4) is 0 Å². The Labute approximate surface area is 92.6 Å². The quantitative estimate of drug-likeness (QED) is 0.532. The lowest BCUT2D eigenvalue weighted by Crippen LogP contribution is -2.37. The van der Waals surface area contributed by atoms with E-state index in [1.807, 2.05) is 0 Å². The number of nitrogens with two attached hydrogens (primary N) is 1. The highest BCUT2D eigenvalue weighted by atomic mass is 16.6. The van der Waals surface area contributed by atoms with E-state index in [0.29, 0.717) is 5.57 Å². The molecule has 0 radical (unpaired) electrons. The van der Waals surface area contributed by atoms with E-state index in [-0.39, 0.29) is 25.1 Å². The highest BCUT2D eigenvalue weighted by molar-refractivity contribution is 5.84. The van der Waals surface area contributed by atoms with E-state index < -0.39 is 16.2 Å². The number of hydrogen-bond acceptors (Lipinski definition) is 4. The Kier molecular flexibility index (Phi) is 3.44. The van der Waals surface area contributed by atoms with Gasteiger partial charge in [-0.2, -0.15) is 0 Å². The summed E-state index contributed by atoms with van der Waals surface area (Å²) in [5.41, 5.74) is 4.81. The zero-order valence-corrected chi connectivity index (χ0v) is 8.97. The maximum atomic E-state index is 11.3. The van der Waals surface area contributed by atoms with Crippen molar-refractivity contribution in [3.05, 3.63) is 33.5 Å². The van der Waals surface area contributed by atoms with Gasteiger partial charge < -0.3 is 10.8 Å². The summed E-state index contributed by atoms with van der Waals surface area (Å²) in [6.07, 6.45) is 3.12. The second-order valence-corrected chi connectivity index (χ2v) is 3.93. The fourth-order valence-corrected chi connectivity index (χ4v) is 1.69. The Hall–Kier alpha value is -1.69. The molecule has 0 spiro atoms. The maximum absolute atomic E-state index is 11.3. The largest absolute Gasteiger partial charge is 0.396 e. The summed E-state index contributed by atoms with van der Waals surface area (Å²) in [6.45, 7) is 1.46. The molecule has 0 aliphatic heterocycles. The minimum Gasteiger partial charge on any atom is -0.396 e. The first-order valence-corrected chi connectivity index (χ1v) is 4.88. The summed E-state index contributed by atoms with van der Waals surface area (Å²) >= 11 is 0. The van der Waals surface area contributed by atoms with E-state index in [2.05, 4.69) is 0 Å². The highest BCUT2D eigenvalue weighted by Gasteiger charge is 2.38. The second kappa shape index (κ2) is 4.44. The fourth-order valence-electron chi connectivity index (χ4n) is 1.69. The van der Waals surface area contributed by atoms with Crippen molar-refractivity contribution in [2.75, 3.05) is 6.61 Å². The Balaban J connectivity index is 3.10. The molecule has 16 heavy (non-hydrogen) atoms. The molecule has 0 saturated carbocycles. The van der Waals surface area contributed by atoms with Crippen molar-refractivity contribution >= 4 is 5.91 Å². The molecule has 0 aromatic carbocycles. The number of aliphatic hydroxyl groups excluding tert-OH is 1. The smallest absolute Gasteiger partial charge is 0.265 e. The SMILES string of the molecule is CC1(C(N)=O)CC=C([N+](=O)[O-])C=C1CCO. The van der Waals surface area contributed by atoms with Crippen molar-refractivity contribution in [2.45, 2.75) is 19.8 Å². The summed E-state index contributed by atoms with van der Waals surface area (Å²) in [5.74, 6) is -0.536. The Morgan fingerprint density at radius 2 is 2.38 bits per heavy atom. The van der Waals surface area contributed by atoms with Gasteiger partial charge >= 0.3 is 0 Å². The van der Waals surface area contributed by atoms with Crippen LogP contribution in [0.25, 0.3) is 0 Å². The maximum Gasteiger partial charge on any atom is 0.265 e. The summed E-state index contributed by atoms with van der Waals surface area (Å²) in [4.78, 5) is 21.4. The van der Waals surface area contributed by atoms with Crippen LogP contribution in [0.2, 0.25) is 0 Å². The zero-order chi connectivity index (χ0) is 12.3. The molecule has 0 saturated heterocycles. The van der Waals surface area contributed by atoms with Gasteiger partial charge in [0.15, 0.2) is 0 Å². The number of aliphatic hydroxyl groups is 1. The molecule has 6 heteroatoms. The molecule has 1 amide bonds. The number of carbonyl (C=O) groups excluding carboxylic acids is 1. The van der Waals surface area contributed by atoms with Crippen LogP contribution in [0.15, 0.2) is 23.4 Å². The van der Waals surface area contributed by atoms with Crippen LogP contribution in [-0.4, -0.2) is 22.5 Å². The molecule has 0 aromatic rings. The average Bonchev–Trinajstić information content (AvgIpc) is 2.21. The van der Waals surface area contributed by atoms with Gasteiger partial charge in [-0.1, -0.05) is 0 Å². The van der Waals surface area contributed by atoms with Crippen LogP contribution in [0.1, 0.15) is 19.8 Å². The third kappa shape index (κ3) is 2.11. The van der Waals surface area contributed by atoms with E-state index in [4.69, 9.17) is 10.8 Å². The molecular formula is C10H14N2O4. The molecule has 1 atom stereocenters. The van der Waals surface area contributed by atoms with Crippen LogP contribution < -0.4 is 5.73 Å². The van der Waals surface area contributed by atoms with Crippen LogP contribution in [-0.2, 0) is 4.79 Å². The lowest BCUT2D eigenvalue weighted by molar-refractivity contribution is -0.419. The van der Waals surface area contributed by atoms with Crippen molar-refractivity contribution in [3.8, 4) is 0 Å². The van der Waals surface area contributed by atoms with Gasteiger partial charge in [-0.25, -0.2) is 0 Å². The molecule has 0 heterocycles. The van der Waals surface area contributed by atoms with E-state index in [1.165, 1.54) is 12.2 Å². The highest BCUT2D eigenvalue weighted by Crippen LogP contribution is 2.37. The van der Waals surface area contributed by atoms with Crippen molar-refractivity contribution < 1.29 is 14.8 Å². The minimum atomic E-state index is -0.928. The lowest BCUT2D eigenvalue weighted by atomic mass is 9.74. The van der Waals surface area contributed by atoms with E-state index >= 15 is 0 Å². The number of primary amides is 1. The zero-order valence-electron chi connectivity index (χ0n) is 8.97. The standard InChI is InChI=1S/C10H14N2O4/c1-10(9(11)14)4-2-8(12(15)16)6-7(10)3-5-13/h2,6,13H,3-5H2,1H3,(H2,11,14). The van der Waals surface area contributed by atoms with Gasteiger partial charge in [-0.05, 0) is 31.4 Å². The molecule has 1 unspecified atom stereocenters. The normalized spacial score (nSPS) is 24.6. The van der Waals surface area contributed by atoms with Gasteiger partial charge in [-0.15, -0.1) is 0 Å². The molecule has 3 N–H and O–H groups in total. The van der Waals surface area contributed by atoms with Gasteiger partial charge in [0, 0.05) is 12.7 Å². The van der Waals surface area contributed by atoms with Crippen molar-refractivity contribution in [3.63, 3.8) is 0 Å². The summed E-state index contributed by atoms with van der Waals surface area (Å²) in [5, 5.41) is 19.5. The number of carbonyl (C=O) groups is 1. The first-order chi connectivity index (χ1) is 7.41. The second-order valence-electron chi connectivity index (χ2n) is 3.93. The molecule has 1 aliphatic rings. The van der Waals surface area contributed by atoms with Crippen molar-refractivity contribution in [1.29, 1.82) is 0 Å². The number of amides is 1. The van der Waals surface area contributed by atoms with Crippen LogP contribution in [0, 0.1) is 15.5 Å². The molecule has 1 rings (SSSR count). The minimum absolute atomic E-state index is 0.0535. The van der Waals surface area contributed by atoms with Crippen molar-refractivity contribution in [2.24, 2.45) is 11.1 Å². The van der Waals surface area contributed by atoms with E-state index in [1.54, 1.807) is 6.92 Å². The molecule has 0 bridgehead atoms. The van der Waals surface area contributed by atoms with Gasteiger partial charge in [0.05, 0.1) is 10.3 Å². The number of rotatable bonds is 4.